The molecule has 0 radical (unpaired) electrons. The van der Waals surface area contributed by atoms with Gasteiger partial charge in [0.25, 0.3) is 5.91 Å². The Hall–Kier alpha value is -1.66. The van der Waals surface area contributed by atoms with Gasteiger partial charge in [-0.05, 0) is 30.3 Å². The summed E-state index contributed by atoms with van der Waals surface area (Å²) in [6, 6.07) is 13.5. The molecule has 2 heterocycles. The first-order valence-electron chi connectivity index (χ1n) is 8.55. The lowest BCUT2D eigenvalue weighted by atomic mass is 10.2. The first kappa shape index (κ1) is 17.7. The highest BCUT2D eigenvalue weighted by Gasteiger charge is 2.34. The van der Waals surface area contributed by atoms with Crippen LogP contribution in [0.4, 0.5) is 5.69 Å². The molecule has 1 fully saturated rings. The molecule has 3 aromatic rings. The summed E-state index contributed by atoms with van der Waals surface area (Å²) in [6.07, 6.45) is 2.15. The van der Waals surface area contributed by atoms with E-state index in [9.17, 15) is 4.79 Å². The van der Waals surface area contributed by atoms with Gasteiger partial charge in [-0.2, -0.15) is 0 Å². The van der Waals surface area contributed by atoms with Gasteiger partial charge in [0.15, 0.2) is 11.6 Å². The predicted octanol–water partition coefficient (Wildman–Crippen LogP) is 3.96. The number of carbonyl (C=O) groups is 1. The van der Waals surface area contributed by atoms with E-state index in [4.69, 9.17) is 28.2 Å². The normalized spacial score (nSPS) is 19.8. The number of rotatable bonds is 4. The molecule has 7 heteroatoms. The average Bonchev–Trinajstić information content (AvgIpc) is 3.24. The maximum Gasteiger partial charge on any atom is 0.279 e. The number of hydrogen-bond acceptors (Lipinski definition) is 3. The van der Waals surface area contributed by atoms with Gasteiger partial charge >= 0.3 is 0 Å². The highest BCUT2D eigenvalue weighted by Crippen LogP contribution is 2.29. The quantitative estimate of drug-likeness (QED) is 0.688. The van der Waals surface area contributed by atoms with Crippen molar-refractivity contribution in [3.63, 3.8) is 0 Å². The number of anilines is 1. The first-order chi connectivity index (χ1) is 12.6. The summed E-state index contributed by atoms with van der Waals surface area (Å²) in [4.78, 5) is 18.6. The van der Waals surface area contributed by atoms with Gasteiger partial charge in [0, 0.05) is 17.9 Å². The standard InChI is InChI=1S/C19H17Cl2N3OS/c20-12-7-8-13(21)15(10-12)22-18(25)11-24-9-3-5-16(24)19-23-14-4-1-2-6-17(14)26-19/h1-2,4,6-8,10,16H,3,5,9,11H2,(H,22,25)/p+1/t16-/m0/s1. The van der Waals surface area contributed by atoms with E-state index in [-0.39, 0.29) is 11.9 Å². The lowest BCUT2D eigenvalue weighted by molar-refractivity contribution is -0.910. The largest absolute Gasteiger partial charge is 0.320 e. The van der Waals surface area contributed by atoms with Gasteiger partial charge in [-0.3, -0.25) is 4.79 Å². The van der Waals surface area contributed by atoms with Crippen molar-refractivity contribution in [2.45, 2.75) is 18.9 Å². The van der Waals surface area contributed by atoms with Crippen LogP contribution in [0.15, 0.2) is 42.5 Å². The summed E-state index contributed by atoms with van der Waals surface area (Å²) >= 11 is 13.9. The number of hydrogen-bond donors (Lipinski definition) is 2. The summed E-state index contributed by atoms with van der Waals surface area (Å²) in [5.41, 5.74) is 1.59. The van der Waals surface area contributed by atoms with Crippen molar-refractivity contribution in [1.29, 1.82) is 0 Å². The Morgan fingerprint density at radius 3 is 2.96 bits per heavy atom. The van der Waals surface area contributed by atoms with Crippen molar-refractivity contribution in [2.75, 3.05) is 18.4 Å². The van der Waals surface area contributed by atoms with Crippen molar-refractivity contribution < 1.29 is 9.69 Å². The molecule has 1 aliphatic rings. The zero-order valence-electron chi connectivity index (χ0n) is 14.0. The molecule has 1 aliphatic heterocycles. The maximum absolute atomic E-state index is 12.5. The average molecular weight is 407 g/mol. The van der Waals surface area contributed by atoms with Crippen LogP contribution in [0, 0.1) is 0 Å². The van der Waals surface area contributed by atoms with E-state index in [0.29, 0.717) is 22.3 Å². The summed E-state index contributed by atoms with van der Waals surface area (Å²) < 4.78 is 1.20. The zero-order valence-corrected chi connectivity index (χ0v) is 16.3. The highest BCUT2D eigenvalue weighted by atomic mass is 35.5. The Balaban J connectivity index is 1.48. The van der Waals surface area contributed by atoms with Crippen molar-refractivity contribution in [1.82, 2.24) is 4.98 Å². The summed E-state index contributed by atoms with van der Waals surface area (Å²) in [5, 5.41) is 5.04. The monoisotopic (exact) mass is 406 g/mol. The van der Waals surface area contributed by atoms with Crippen molar-refractivity contribution in [2.24, 2.45) is 0 Å². The number of para-hydroxylation sites is 1. The third kappa shape index (κ3) is 3.71. The van der Waals surface area contributed by atoms with Crippen LogP contribution < -0.4 is 10.2 Å². The fraction of sp³-hybridized carbons (Fsp3) is 0.263. The Labute approximate surface area is 165 Å². The molecule has 0 bridgehead atoms. The van der Waals surface area contributed by atoms with Crippen LogP contribution in [-0.4, -0.2) is 24.0 Å². The molecule has 2 atom stereocenters. The van der Waals surface area contributed by atoms with E-state index < -0.39 is 0 Å². The number of benzene rings is 2. The van der Waals surface area contributed by atoms with Crippen LogP contribution in [-0.2, 0) is 4.79 Å². The smallest absolute Gasteiger partial charge is 0.279 e. The number of fused-ring (bicyclic) bond motifs is 1. The van der Waals surface area contributed by atoms with Gasteiger partial charge in [0.05, 0.1) is 27.5 Å². The van der Waals surface area contributed by atoms with Crippen LogP contribution in [0.25, 0.3) is 10.2 Å². The zero-order chi connectivity index (χ0) is 18.1. The molecule has 2 N–H and O–H groups in total. The summed E-state index contributed by atoms with van der Waals surface area (Å²) in [6.45, 7) is 1.36. The minimum Gasteiger partial charge on any atom is -0.320 e. The Bertz CT molecular complexity index is 926. The van der Waals surface area contributed by atoms with E-state index in [2.05, 4.69) is 11.4 Å². The van der Waals surface area contributed by atoms with Crippen LogP contribution in [0.2, 0.25) is 10.0 Å². The topological polar surface area (TPSA) is 46.4 Å². The molecule has 1 amide bonds. The number of nitrogens with one attached hydrogen (secondary N) is 2. The number of aromatic nitrogens is 1. The van der Waals surface area contributed by atoms with Crippen LogP contribution in [0.1, 0.15) is 23.9 Å². The van der Waals surface area contributed by atoms with E-state index in [1.54, 1.807) is 29.5 Å². The molecule has 0 saturated carbocycles. The van der Waals surface area contributed by atoms with Gasteiger partial charge < -0.3 is 10.2 Å². The number of carbonyl (C=O) groups excluding carboxylic acids is 1. The molecule has 4 rings (SSSR count). The number of halogens is 2. The number of quaternary nitrogens is 1. The Kier molecular flexibility index (Phi) is 5.14. The van der Waals surface area contributed by atoms with Crippen molar-refractivity contribution in [3.05, 3.63) is 57.5 Å². The Morgan fingerprint density at radius 1 is 1.27 bits per heavy atom. The second-order valence-electron chi connectivity index (χ2n) is 6.47. The van der Waals surface area contributed by atoms with Crippen molar-refractivity contribution in [3.8, 4) is 0 Å². The second-order valence-corrected chi connectivity index (χ2v) is 8.38. The van der Waals surface area contributed by atoms with Gasteiger partial charge in [-0.15, -0.1) is 11.3 Å². The third-order valence-corrected chi connectivity index (χ3v) is 6.40. The molecular formula is C19H18Cl2N3OS+. The maximum atomic E-state index is 12.5. The van der Waals surface area contributed by atoms with Gasteiger partial charge in [-0.1, -0.05) is 35.3 Å². The molecule has 0 spiro atoms. The molecule has 1 saturated heterocycles. The molecule has 2 aromatic carbocycles. The second kappa shape index (κ2) is 7.53. The number of amides is 1. The lowest BCUT2D eigenvalue weighted by Gasteiger charge is -2.19. The molecule has 26 heavy (non-hydrogen) atoms. The third-order valence-electron chi connectivity index (χ3n) is 4.68. The van der Waals surface area contributed by atoms with E-state index in [1.165, 1.54) is 9.60 Å². The van der Waals surface area contributed by atoms with E-state index in [0.717, 1.165) is 29.9 Å². The fourth-order valence-corrected chi connectivity index (χ4v) is 4.95. The molecule has 1 unspecified atom stereocenters. The summed E-state index contributed by atoms with van der Waals surface area (Å²) in [7, 11) is 0. The molecule has 1 aromatic heterocycles. The number of likely N-dealkylation sites (tertiary alicyclic amines) is 1. The van der Waals surface area contributed by atoms with Crippen LogP contribution in [0.3, 0.4) is 0 Å². The lowest BCUT2D eigenvalue weighted by Crippen LogP contribution is -3.11. The number of nitrogens with zero attached hydrogens (tertiary/aromatic N) is 1. The highest BCUT2D eigenvalue weighted by molar-refractivity contribution is 7.18. The fourth-order valence-electron chi connectivity index (χ4n) is 3.45. The molecule has 0 aliphatic carbocycles. The van der Waals surface area contributed by atoms with E-state index in [1.807, 2.05) is 18.2 Å². The van der Waals surface area contributed by atoms with Crippen LogP contribution in [0.5, 0.6) is 0 Å². The summed E-state index contributed by atoms with van der Waals surface area (Å²) in [5.74, 6) is -0.0582. The minimum absolute atomic E-state index is 0.0582. The number of thiazole rings is 1. The minimum atomic E-state index is -0.0582. The van der Waals surface area contributed by atoms with Crippen LogP contribution >= 0.6 is 34.5 Å². The molecule has 134 valence electrons. The SMILES string of the molecule is O=C(C[NH+]1CCC[C@H]1c1nc2ccccc2s1)Nc1cc(Cl)ccc1Cl. The molecule has 4 nitrogen and oxygen atoms in total. The first-order valence-corrected chi connectivity index (χ1v) is 10.1. The van der Waals surface area contributed by atoms with E-state index >= 15 is 0 Å². The molecular weight excluding hydrogens is 389 g/mol. The Morgan fingerprint density at radius 2 is 2.12 bits per heavy atom. The van der Waals surface area contributed by atoms with Gasteiger partial charge in [0.2, 0.25) is 0 Å². The van der Waals surface area contributed by atoms with Gasteiger partial charge in [0.1, 0.15) is 6.04 Å². The predicted molar refractivity (Wildman–Crippen MR) is 107 cm³/mol. The van der Waals surface area contributed by atoms with Crippen molar-refractivity contribution >= 4 is 56.3 Å². The van der Waals surface area contributed by atoms with Gasteiger partial charge in [-0.25, -0.2) is 4.98 Å².